The standard InChI is InChI=1S/C17H27N3O4S.ClH/c1-2-5-16(18)17(21)19-12-14-6-3-4-7-15(14)13-25(22,23)20-8-10-24-11-9-20;/h3-4,6-7,16H,2,5,8-13,18H2,1H3,(H,19,21);1H. The molecule has 1 aliphatic heterocycles. The third-order valence-corrected chi connectivity index (χ3v) is 6.04. The minimum atomic E-state index is -3.41. The van der Waals surface area contributed by atoms with Crippen LogP contribution in [0.25, 0.3) is 0 Å². The van der Waals surface area contributed by atoms with Crippen LogP contribution in [0.5, 0.6) is 0 Å². The number of carbonyl (C=O) groups excluding carboxylic acids is 1. The van der Waals surface area contributed by atoms with Gasteiger partial charge in [-0.25, -0.2) is 8.42 Å². The molecule has 1 fully saturated rings. The van der Waals surface area contributed by atoms with E-state index in [0.717, 1.165) is 12.0 Å². The average Bonchev–Trinajstić information content (AvgIpc) is 2.61. The van der Waals surface area contributed by atoms with Crippen LogP contribution in [0.2, 0.25) is 0 Å². The van der Waals surface area contributed by atoms with E-state index in [2.05, 4.69) is 5.32 Å². The van der Waals surface area contributed by atoms with Crippen molar-refractivity contribution >= 4 is 28.3 Å². The molecule has 2 rings (SSSR count). The van der Waals surface area contributed by atoms with Gasteiger partial charge in [0.25, 0.3) is 0 Å². The zero-order chi connectivity index (χ0) is 18.3. The monoisotopic (exact) mass is 405 g/mol. The first-order valence-electron chi connectivity index (χ1n) is 8.59. The molecular formula is C17H28ClN3O4S. The Hall–Kier alpha value is -1.19. The Kier molecular flexibility index (Phi) is 9.52. The number of nitrogens with zero attached hydrogens (tertiary/aromatic N) is 1. The first-order chi connectivity index (χ1) is 11.9. The maximum Gasteiger partial charge on any atom is 0.237 e. The van der Waals surface area contributed by atoms with E-state index >= 15 is 0 Å². The van der Waals surface area contributed by atoms with Crippen LogP contribution < -0.4 is 11.1 Å². The summed E-state index contributed by atoms with van der Waals surface area (Å²) in [5.41, 5.74) is 7.28. The minimum absolute atomic E-state index is 0. The van der Waals surface area contributed by atoms with Gasteiger partial charge in [-0.15, -0.1) is 12.4 Å². The largest absolute Gasteiger partial charge is 0.379 e. The Balaban J connectivity index is 0.00000338. The fraction of sp³-hybridized carbons (Fsp3) is 0.588. The van der Waals surface area contributed by atoms with Gasteiger partial charge in [0.05, 0.1) is 25.0 Å². The Bertz CT molecular complexity index is 678. The van der Waals surface area contributed by atoms with Crippen molar-refractivity contribution in [3.8, 4) is 0 Å². The lowest BCUT2D eigenvalue weighted by molar-refractivity contribution is -0.122. The molecule has 1 atom stereocenters. The second-order valence-corrected chi connectivity index (χ2v) is 8.12. The fourth-order valence-electron chi connectivity index (χ4n) is 2.74. The zero-order valence-electron chi connectivity index (χ0n) is 15.0. The number of hydrogen-bond acceptors (Lipinski definition) is 5. The van der Waals surface area contributed by atoms with Crippen LogP contribution in [0.15, 0.2) is 24.3 Å². The smallest absolute Gasteiger partial charge is 0.237 e. The predicted octanol–water partition coefficient (Wildman–Crippen LogP) is 1.01. The lowest BCUT2D eigenvalue weighted by atomic mass is 10.1. The summed E-state index contributed by atoms with van der Waals surface area (Å²) < 4.78 is 31.9. The molecule has 9 heteroatoms. The van der Waals surface area contributed by atoms with E-state index in [1.54, 1.807) is 12.1 Å². The first kappa shape index (κ1) is 22.9. The number of halogens is 1. The molecule has 0 saturated carbocycles. The number of nitrogens with two attached hydrogens (primary N) is 1. The van der Waals surface area contributed by atoms with Crippen LogP contribution in [-0.4, -0.2) is 51.0 Å². The van der Waals surface area contributed by atoms with Crippen molar-refractivity contribution in [2.75, 3.05) is 26.3 Å². The molecule has 1 aromatic rings. The number of morpholine rings is 1. The Morgan fingerprint density at radius 1 is 1.27 bits per heavy atom. The molecule has 3 N–H and O–H groups in total. The molecular weight excluding hydrogens is 378 g/mol. The molecule has 1 aromatic carbocycles. The van der Waals surface area contributed by atoms with Crippen LogP contribution in [0.3, 0.4) is 0 Å². The van der Waals surface area contributed by atoms with Crippen molar-refractivity contribution in [2.45, 2.75) is 38.1 Å². The van der Waals surface area contributed by atoms with E-state index < -0.39 is 16.1 Å². The van der Waals surface area contributed by atoms with Crippen molar-refractivity contribution in [3.63, 3.8) is 0 Å². The molecule has 0 aromatic heterocycles. The second-order valence-electron chi connectivity index (χ2n) is 6.15. The molecule has 1 saturated heterocycles. The number of nitrogens with one attached hydrogen (secondary N) is 1. The van der Waals surface area contributed by atoms with Gasteiger partial charge in [-0.2, -0.15) is 4.31 Å². The van der Waals surface area contributed by atoms with E-state index in [-0.39, 0.29) is 30.6 Å². The number of rotatable bonds is 8. The summed E-state index contributed by atoms with van der Waals surface area (Å²) >= 11 is 0. The third-order valence-electron chi connectivity index (χ3n) is 4.21. The molecule has 0 radical (unpaired) electrons. The number of benzene rings is 1. The van der Waals surface area contributed by atoms with Crippen LogP contribution in [-0.2, 0) is 31.9 Å². The van der Waals surface area contributed by atoms with Gasteiger partial charge in [0.15, 0.2) is 0 Å². The Labute approximate surface area is 161 Å². The highest BCUT2D eigenvalue weighted by Gasteiger charge is 2.25. The molecule has 1 amide bonds. The molecule has 1 heterocycles. The van der Waals surface area contributed by atoms with E-state index in [1.807, 2.05) is 19.1 Å². The van der Waals surface area contributed by atoms with Gasteiger partial charge in [0, 0.05) is 19.6 Å². The molecule has 0 bridgehead atoms. The number of hydrogen-bond donors (Lipinski definition) is 2. The molecule has 1 aliphatic rings. The molecule has 1 unspecified atom stereocenters. The van der Waals surface area contributed by atoms with Gasteiger partial charge >= 0.3 is 0 Å². The van der Waals surface area contributed by atoms with Gasteiger partial charge in [-0.05, 0) is 17.5 Å². The first-order valence-corrected chi connectivity index (χ1v) is 10.2. The Morgan fingerprint density at radius 2 is 1.88 bits per heavy atom. The summed E-state index contributed by atoms with van der Waals surface area (Å²) in [5.74, 6) is -0.298. The third kappa shape index (κ3) is 6.51. The topological polar surface area (TPSA) is 102 Å². The summed E-state index contributed by atoms with van der Waals surface area (Å²) in [6.45, 7) is 3.85. The van der Waals surface area contributed by atoms with Gasteiger partial charge in [-0.1, -0.05) is 37.6 Å². The second kappa shape index (κ2) is 10.8. The van der Waals surface area contributed by atoms with Gasteiger partial charge in [0.2, 0.25) is 15.9 Å². The van der Waals surface area contributed by atoms with Crippen molar-refractivity contribution in [1.29, 1.82) is 0 Å². The normalized spacial score (nSPS) is 16.5. The zero-order valence-corrected chi connectivity index (χ0v) is 16.7. The minimum Gasteiger partial charge on any atom is -0.379 e. The highest BCUT2D eigenvalue weighted by Crippen LogP contribution is 2.16. The van der Waals surface area contributed by atoms with Crippen molar-refractivity contribution < 1.29 is 17.9 Å². The van der Waals surface area contributed by atoms with Crippen molar-refractivity contribution in [1.82, 2.24) is 9.62 Å². The van der Waals surface area contributed by atoms with E-state index in [4.69, 9.17) is 10.5 Å². The number of carbonyl (C=O) groups is 1. The summed E-state index contributed by atoms with van der Waals surface area (Å²) in [6.07, 6.45) is 1.46. The lowest BCUT2D eigenvalue weighted by Gasteiger charge is -2.26. The van der Waals surface area contributed by atoms with Gasteiger partial charge in [0.1, 0.15) is 0 Å². The highest BCUT2D eigenvalue weighted by atomic mass is 35.5. The fourth-order valence-corrected chi connectivity index (χ4v) is 4.30. The van der Waals surface area contributed by atoms with Crippen LogP contribution >= 0.6 is 12.4 Å². The molecule has 0 aliphatic carbocycles. The van der Waals surface area contributed by atoms with Crippen molar-refractivity contribution in [2.24, 2.45) is 5.73 Å². The summed E-state index contributed by atoms with van der Waals surface area (Å²) in [6, 6.07) is 6.71. The Morgan fingerprint density at radius 3 is 2.50 bits per heavy atom. The van der Waals surface area contributed by atoms with Gasteiger partial charge < -0.3 is 15.8 Å². The average molecular weight is 406 g/mol. The molecule has 148 valence electrons. The molecule has 0 spiro atoms. The van der Waals surface area contributed by atoms with E-state index in [9.17, 15) is 13.2 Å². The summed E-state index contributed by atoms with van der Waals surface area (Å²) in [5, 5.41) is 2.80. The van der Waals surface area contributed by atoms with Crippen LogP contribution in [0.1, 0.15) is 30.9 Å². The quantitative estimate of drug-likeness (QED) is 0.672. The van der Waals surface area contributed by atoms with E-state index in [1.165, 1.54) is 4.31 Å². The van der Waals surface area contributed by atoms with E-state index in [0.29, 0.717) is 38.3 Å². The maximum atomic E-state index is 12.6. The van der Waals surface area contributed by atoms with Crippen LogP contribution in [0, 0.1) is 0 Å². The lowest BCUT2D eigenvalue weighted by Crippen LogP contribution is -2.41. The number of ether oxygens (including phenoxy) is 1. The summed E-state index contributed by atoms with van der Waals surface area (Å²) in [4.78, 5) is 12.0. The highest BCUT2D eigenvalue weighted by molar-refractivity contribution is 7.88. The molecule has 26 heavy (non-hydrogen) atoms. The number of sulfonamides is 1. The number of amides is 1. The maximum absolute atomic E-state index is 12.6. The molecule has 7 nitrogen and oxygen atoms in total. The SMILES string of the molecule is CCCC(N)C(=O)NCc1ccccc1CS(=O)(=O)N1CCOCC1.Cl. The van der Waals surface area contributed by atoms with Crippen molar-refractivity contribution in [3.05, 3.63) is 35.4 Å². The van der Waals surface area contributed by atoms with Crippen LogP contribution in [0.4, 0.5) is 0 Å². The van der Waals surface area contributed by atoms with Gasteiger partial charge in [-0.3, -0.25) is 4.79 Å². The predicted molar refractivity (Wildman–Crippen MR) is 103 cm³/mol. The summed E-state index contributed by atoms with van der Waals surface area (Å²) in [7, 11) is -3.41.